The van der Waals surface area contributed by atoms with Crippen LogP contribution < -0.4 is 9.63 Å². The number of rotatable bonds is 6. The monoisotopic (exact) mass is 465 g/mol. The Hall–Kier alpha value is -2.90. The third-order valence-electron chi connectivity index (χ3n) is 5.90. The summed E-state index contributed by atoms with van der Waals surface area (Å²) in [5.41, 5.74) is 3.18. The fraction of sp³-hybridized carbons (Fsp3) is 0.308. The summed E-state index contributed by atoms with van der Waals surface area (Å²) in [7, 11) is 2.05. The SMILES string of the molecule is CCSc1c(N2CCN(C)CC2)c(F)cc2cc(C(=O)C=Cc3ccc(C)cc3)c[n+]([O-])c12. The Morgan fingerprint density at radius 2 is 1.88 bits per heavy atom. The third-order valence-corrected chi connectivity index (χ3v) is 6.86. The van der Waals surface area contributed by atoms with Crippen molar-refractivity contribution in [1.82, 2.24) is 4.90 Å². The van der Waals surface area contributed by atoms with Crippen LogP contribution in [-0.4, -0.2) is 49.7 Å². The number of hydrogen-bond acceptors (Lipinski definition) is 5. The maximum atomic E-state index is 15.4. The number of anilines is 1. The molecule has 1 aliphatic heterocycles. The second kappa shape index (κ2) is 9.93. The Morgan fingerprint density at radius 1 is 1.18 bits per heavy atom. The van der Waals surface area contributed by atoms with Gasteiger partial charge in [-0.05, 0) is 43.5 Å². The molecular weight excluding hydrogens is 437 g/mol. The Balaban J connectivity index is 1.73. The van der Waals surface area contributed by atoms with Gasteiger partial charge in [0.25, 0.3) is 0 Å². The number of aromatic nitrogens is 1. The molecule has 5 nitrogen and oxygen atoms in total. The highest BCUT2D eigenvalue weighted by molar-refractivity contribution is 7.99. The van der Waals surface area contributed by atoms with Crippen molar-refractivity contribution in [3.05, 3.63) is 76.4 Å². The molecule has 172 valence electrons. The Morgan fingerprint density at radius 3 is 2.55 bits per heavy atom. The van der Waals surface area contributed by atoms with E-state index in [2.05, 4.69) is 4.90 Å². The van der Waals surface area contributed by atoms with Crippen molar-refractivity contribution in [3.8, 4) is 0 Å². The number of aryl methyl sites for hydroxylation is 1. The zero-order valence-corrected chi connectivity index (χ0v) is 20.0. The van der Waals surface area contributed by atoms with Crippen molar-refractivity contribution in [1.29, 1.82) is 0 Å². The first-order chi connectivity index (χ1) is 15.9. The van der Waals surface area contributed by atoms with Crippen molar-refractivity contribution >= 4 is 40.2 Å². The lowest BCUT2D eigenvalue weighted by Gasteiger charge is -2.35. The van der Waals surface area contributed by atoms with Crippen LogP contribution in [0.1, 0.15) is 28.4 Å². The molecule has 33 heavy (non-hydrogen) atoms. The first-order valence-electron chi connectivity index (χ1n) is 11.1. The van der Waals surface area contributed by atoms with Crippen LogP contribution in [-0.2, 0) is 0 Å². The molecule has 0 spiro atoms. The minimum Gasteiger partial charge on any atom is -0.618 e. The highest BCUT2D eigenvalue weighted by Gasteiger charge is 2.27. The smallest absolute Gasteiger partial charge is 0.239 e. The number of piperazine rings is 1. The number of carbonyl (C=O) groups excluding carboxylic acids is 1. The molecule has 0 atom stereocenters. The molecule has 0 radical (unpaired) electrons. The van der Waals surface area contributed by atoms with Crippen LogP contribution in [0.4, 0.5) is 10.1 Å². The fourth-order valence-electron chi connectivity index (χ4n) is 4.04. The Bertz CT molecular complexity index is 1200. The number of hydrogen-bond donors (Lipinski definition) is 0. The van der Waals surface area contributed by atoms with Gasteiger partial charge in [-0.15, -0.1) is 11.8 Å². The molecule has 3 aromatic rings. The van der Waals surface area contributed by atoms with Crippen LogP contribution in [0.5, 0.6) is 0 Å². The standard InChI is InChI=1S/C26H28FN3O2S/c1-4-33-26-24-20(16-22(27)25(26)29-13-11-28(3)12-14-29)15-21(17-30(24)32)23(31)10-9-19-7-5-18(2)6-8-19/h5-10,15-17H,4,11-14H2,1-3H3. The zero-order chi connectivity index (χ0) is 23.5. The second-order valence-corrected chi connectivity index (χ2v) is 9.63. The van der Waals surface area contributed by atoms with Gasteiger partial charge in [-0.3, -0.25) is 4.79 Å². The van der Waals surface area contributed by atoms with Crippen LogP contribution in [0.15, 0.2) is 53.6 Å². The number of nitrogens with zero attached hydrogens (tertiary/aromatic N) is 3. The lowest BCUT2D eigenvalue weighted by molar-refractivity contribution is -0.578. The summed E-state index contributed by atoms with van der Waals surface area (Å²) < 4.78 is 16.1. The van der Waals surface area contributed by atoms with Crippen LogP contribution in [0, 0.1) is 17.9 Å². The molecular formula is C26H28FN3O2S. The molecule has 1 fully saturated rings. The van der Waals surface area contributed by atoms with Gasteiger partial charge in [0.2, 0.25) is 5.52 Å². The zero-order valence-electron chi connectivity index (χ0n) is 19.2. The van der Waals surface area contributed by atoms with Crippen molar-refractivity contribution in [2.24, 2.45) is 0 Å². The molecule has 2 heterocycles. The maximum absolute atomic E-state index is 15.4. The predicted molar refractivity (Wildman–Crippen MR) is 134 cm³/mol. The Kier molecular flexibility index (Phi) is 7.00. The average Bonchev–Trinajstić information content (AvgIpc) is 2.79. The Labute approximate surface area is 198 Å². The van der Waals surface area contributed by atoms with E-state index in [0.717, 1.165) is 28.9 Å². The minimum atomic E-state index is -0.359. The van der Waals surface area contributed by atoms with E-state index in [1.54, 1.807) is 12.1 Å². The van der Waals surface area contributed by atoms with Crippen molar-refractivity contribution in [3.63, 3.8) is 0 Å². The summed E-state index contributed by atoms with van der Waals surface area (Å²) in [6, 6.07) is 10.8. The molecule has 0 unspecified atom stereocenters. The highest BCUT2D eigenvalue weighted by Crippen LogP contribution is 2.38. The summed E-state index contributed by atoms with van der Waals surface area (Å²) in [6.45, 7) is 7.07. The van der Waals surface area contributed by atoms with E-state index in [9.17, 15) is 10.0 Å². The summed E-state index contributed by atoms with van der Waals surface area (Å²) in [5.74, 6) is 0.0531. The van der Waals surface area contributed by atoms with E-state index in [-0.39, 0.29) is 17.2 Å². The van der Waals surface area contributed by atoms with E-state index < -0.39 is 0 Å². The summed E-state index contributed by atoms with van der Waals surface area (Å²) >= 11 is 1.46. The van der Waals surface area contributed by atoms with Crippen LogP contribution >= 0.6 is 11.8 Å². The van der Waals surface area contributed by atoms with E-state index in [4.69, 9.17) is 0 Å². The first-order valence-corrected chi connectivity index (χ1v) is 12.1. The first kappa shape index (κ1) is 23.3. The summed E-state index contributed by atoms with van der Waals surface area (Å²) in [4.78, 5) is 17.6. The van der Waals surface area contributed by atoms with Crippen molar-refractivity contribution < 1.29 is 13.9 Å². The molecule has 1 saturated heterocycles. The molecule has 1 aromatic heterocycles. The molecule has 7 heteroatoms. The molecule has 4 rings (SSSR count). The van der Waals surface area contributed by atoms with E-state index in [0.29, 0.717) is 40.3 Å². The second-order valence-electron chi connectivity index (χ2n) is 8.36. The number of ketones is 1. The molecule has 0 amide bonds. The van der Waals surface area contributed by atoms with E-state index >= 15 is 4.39 Å². The number of pyridine rings is 1. The van der Waals surface area contributed by atoms with Gasteiger partial charge < -0.3 is 15.0 Å². The minimum absolute atomic E-state index is 0.236. The number of likely N-dealkylation sites (N-methyl/N-ethyl adjacent to an activating group) is 1. The van der Waals surface area contributed by atoms with Gasteiger partial charge in [0.05, 0.1) is 16.6 Å². The third kappa shape index (κ3) is 5.04. The largest absolute Gasteiger partial charge is 0.618 e. The van der Waals surface area contributed by atoms with Crippen LogP contribution in [0.3, 0.4) is 0 Å². The van der Waals surface area contributed by atoms with Crippen LogP contribution in [0.25, 0.3) is 17.0 Å². The van der Waals surface area contributed by atoms with Crippen LogP contribution in [0.2, 0.25) is 0 Å². The highest BCUT2D eigenvalue weighted by atomic mass is 32.2. The lowest BCUT2D eigenvalue weighted by atomic mass is 10.1. The maximum Gasteiger partial charge on any atom is 0.239 e. The van der Waals surface area contributed by atoms with Gasteiger partial charge in [-0.2, -0.15) is 4.73 Å². The topological polar surface area (TPSA) is 50.5 Å². The number of benzene rings is 2. The van der Waals surface area contributed by atoms with Crippen molar-refractivity contribution in [2.75, 3.05) is 43.9 Å². The number of halogens is 1. The number of fused-ring (bicyclic) bond motifs is 1. The van der Waals surface area contributed by atoms with Gasteiger partial charge in [-0.1, -0.05) is 42.8 Å². The molecule has 0 N–H and O–H groups in total. The quantitative estimate of drug-likeness (QED) is 0.174. The van der Waals surface area contributed by atoms with Crippen molar-refractivity contribution in [2.45, 2.75) is 18.7 Å². The molecule has 0 aliphatic carbocycles. The molecule has 0 saturated carbocycles. The molecule has 2 aromatic carbocycles. The lowest BCUT2D eigenvalue weighted by Crippen LogP contribution is -2.45. The van der Waals surface area contributed by atoms with Gasteiger partial charge in [0, 0.05) is 26.2 Å². The number of allylic oxidation sites excluding steroid dienone is 1. The van der Waals surface area contributed by atoms with Gasteiger partial charge in [-0.25, -0.2) is 4.39 Å². The summed E-state index contributed by atoms with van der Waals surface area (Å²) in [5, 5.41) is 13.5. The molecule has 0 bridgehead atoms. The predicted octanol–water partition coefficient (Wildman–Crippen LogP) is 4.68. The van der Waals surface area contributed by atoms with E-state index in [1.807, 2.05) is 50.1 Å². The summed E-state index contributed by atoms with van der Waals surface area (Å²) in [6.07, 6.45) is 4.47. The van der Waals surface area contributed by atoms with Gasteiger partial charge in [0.15, 0.2) is 12.0 Å². The number of carbonyl (C=O) groups is 1. The number of thioether (sulfide) groups is 1. The van der Waals surface area contributed by atoms with Gasteiger partial charge in [0.1, 0.15) is 10.7 Å². The average molecular weight is 466 g/mol. The molecule has 1 aliphatic rings. The van der Waals surface area contributed by atoms with Gasteiger partial charge >= 0.3 is 0 Å². The normalized spacial score (nSPS) is 15.0. The van der Waals surface area contributed by atoms with E-state index in [1.165, 1.54) is 30.1 Å². The fourth-order valence-corrected chi connectivity index (χ4v) is 5.04.